The summed E-state index contributed by atoms with van der Waals surface area (Å²) in [5.74, 6) is -0.907. The van der Waals surface area contributed by atoms with E-state index < -0.39 is 12.0 Å². The van der Waals surface area contributed by atoms with E-state index in [-0.39, 0.29) is 38.2 Å². The Kier molecular flexibility index (Phi) is 13.0. The molecule has 0 aliphatic rings. The third kappa shape index (κ3) is 11.6. The number of hydrazine groups is 1. The summed E-state index contributed by atoms with van der Waals surface area (Å²) >= 11 is 0. The lowest BCUT2D eigenvalue weighted by Crippen LogP contribution is -2.50. The van der Waals surface area contributed by atoms with E-state index in [2.05, 4.69) is 21.5 Å². The number of likely N-dealkylation sites (N-methyl/N-ethyl adjacent to an activating group) is 1. The van der Waals surface area contributed by atoms with Gasteiger partial charge in [-0.1, -0.05) is 67.1 Å². The molecule has 4 N–H and O–H groups in total. The number of esters is 2. The predicted octanol–water partition coefficient (Wildman–Crippen LogP) is 1.44. The molecule has 184 valence electrons. The normalized spacial score (nSPS) is 11.4. The van der Waals surface area contributed by atoms with Gasteiger partial charge in [-0.3, -0.25) is 14.4 Å². The number of benzene rings is 2. The number of unbranched alkanes of at least 4 members (excludes halogenated alkanes) is 1. The summed E-state index contributed by atoms with van der Waals surface area (Å²) in [5, 5.41) is 5.66. The number of carbonyl (C=O) groups is 3. The maximum Gasteiger partial charge on any atom is 0.321 e. The minimum Gasteiger partial charge on any atom is -0.460 e. The molecule has 0 heterocycles. The third-order valence-electron chi connectivity index (χ3n) is 4.92. The molecule has 0 fully saturated rings. The highest BCUT2D eigenvalue weighted by molar-refractivity contribution is 5.81. The number of amides is 1. The van der Waals surface area contributed by atoms with Gasteiger partial charge in [0.2, 0.25) is 5.91 Å². The van der Waals surface area contributed by atoms with Crippen molar-refractivity contribution in [2.45, 2.75) is 38.5 Å². The highest BCUT2D eigenvalue weighted by Gasteiger charge is 2.16. The fourth-order valence-electron chi connectivity index (χ4n) is 3.06. The minimum absolute atomic E-state index is 0.0625. The van der Waals surface area contributed by atoms with Crippen LogP contribution < -0.4 is 21.5 Å². The first-order valence-corrected chi connectivity index (χ1v) is 11.4. The maximum absolute atomic E-state index is 12.1. The van der Waals surface area contributed by atoms with Crippen molar-refractivity contribution in [3.63, 3.8) is 0 Å². The summed E-state index contributed by atoms with van der Waals surface area (Å²) < 4.78 is 10.4. The third-order valence-corrected chi connectivity index (χ3v) is 4.92. The first-order chi connectivity index (χ1) is 16.6. The number of nitrogens with one attached hydrogen (secondary N) is 4. The van der Waals surface area contributed by atoms with Crippen LogP contribution in [0.15, 0.2) is 60.7 Å². The summed E-state index contributed by atoms with van der Waals surface area (Å²) in [7, 11) is 1.56. The summed E-state index contributed by atoms with van der Waals surface area (Å²) in [6.07, 6.45) is 2.09. The van der Waals surface area contributed by atoms with Crippen LogP contribution in [0.25, 0.3) is 0 Å². The summed E-state index contributed by atoms with van der Waals surface area (Å²) in [6, 6.07) is 18.4. The average Bonchev–Trinajstić information content (AvgIpc) is 2.87. The van der Waals surface area contributed by atoms with Gasteiger partial charge in [-0.05, 0) is 30.5 Å². The SMILES string of the molecule is CNC(=O)[C@H](CCCCNCC(=O)OCc1ccccc1)NNCC(=O)OCc1ccccc1. The van der Waals surface area contributed by atoms with Gasteiger partial charge in [0.1, 0.15) is 19.8 Å². The van der Waals surface area contributed by atoms with Crippen molar-refractivity contribution in [2.75, 3.05) is 26.7 Å². The van der Waals surface area contributed by atoms with Crippen LogP contribution in [0.3, 0.4) is 0 Å². The number of carbonyl (C=O) groups excluding carboxylic acids is 3. The summed E-state index contributed by atoms with van der Waals surface area (Å²) in [5.41, 5.74) is 7.51. The van der Waals surface area contributed by atoms with Gasteiger partial charge >= 0.3 is 11.9 Å². The Bertz CT molecular complexity index is 864. The van der Waals surface area contributed by atoms with Gasteiger partial charge in [0.25, 0.3) is 0 Å². The van der Waals surface area contributed by atoms with E-state index in [1.54, 1.807) is 7.05 Å². The van der Waals surface area contributed by atoms with Crippen LogP contribution in [0.5, 0.6) is 0 Å². The first-order valence-electron chi connectivity index (χ1n) is 11.4. The van der Waals surface area contributed by atoms with Crippen LogP contribution in [0, 0.1) is 0 Å². The zero-order valence-corrected chi connectivity index (χ0v) is 19.5. The number of hydrogen-bond donors (Lipinski definition) is 4. The van der Waals surface area contributed by atoms with Gasteiger partial charge in [-0.15, -0.1) is 0 Å². The highest BCUT2D eigenvalue weighted by atomic mass is 16.5. The van der Waals surface area contributed by atoms with Crippen LogP contribution in [0.1, 0.15) is 30.4 Å². The van der Waals surface area contributed by atoms with Gasteiger partial charge in [0, 0.05) is 7.05 Å². The van der Waals surface area contributed by atoms with Crippen LogP contribution in [-0.2, 0) is 37.1 Å². The molecule has 0 saturated carbocycles. The smallest absolute Gasteiger partial charge is 0.321 e. The Morgan fingerprint density at radius 3 is 1.91 bits per heavy atom. The van der Waals surface area contributed by atoms with Crippen molar-refractivity contribution in [1.29, 1.82) is 0 Å². The van der Waals surface area contributed by atoms with Crippen molar-refractivity contribution >= 4 is 17.8 Å². The zero-order valence-electron chi connectivity index (χ0n) is 19.5. The van der Waals surface area contributed by atoms with Crippen molar-refractivity contribution in [3.05, 3.63) is 71.8 Å². The van der Waals surface area contributed by atoms with E-state index in [1.807, 2.05) is 60.7 Å². The Morgan fingerprint density at radius 1 is 0.794 bits per heavy atom. The van der Waals surface area contributed by atoms with Crippen LogP contribution in [0.2, 0.25) is 0 Å². The van der Waals surface area contributed by atoms with Crippen molar-refractivity contribution in [1.82, 2.24) is 21.5 Å². The molecule has 0 aliphatic carbocycles. The number of hydrogen-bond acceptors (Lipinski definition) is 8. The van der Waals surface area contributed by atoms with Crippen LogP contribution in [0.4, 0.5) is 0 Å². The lowest BCUT2D eigenvalue weighted by molar-refractivity contribution is -0.145. The molecule has 0 bridgehead atoms. The lowest BCUT2D eigenvalue weighted by Gasteiger charge is -2.17. The monoisotopic (exact) mass is 470 g/mol. The second kappa shape index (κ2) is 16.4. The van der Waals surface area contributed by atoms with Gasteiger partial charge in [-0.2, -0.15) is 0 Å². The molecule has 0 unspecified atom stereocenters. The highest BCUT2D eigenvalue weighted by Crippen LogP contribution is 2.03. The van der Waals surface area contributed by atoms with E-state index >= 15 is 0 Å². The molecule has 0 radical (unpaired) electrons. The molecule has 1 atom stereocenters. The van der Waals surface area contributed by atoms with E-state index in [4.69, 9.17) is 9.47 Å². The molecular weight excluding hydrogens is 436 g/mol. The molecule has 2 aromatic rings. The van der Waals surface area contributed by atoms with E-state index in [0.29, 0.717) is 13.0 Å². The Morgan fingerprint density at radius 2 is 1.35 bits per heavy atom. The second-order valence-electron chi connectivity index (χ2n) is 7.63. The number of ether oxygens (including phenoxy) is 2. The van der Waals surface area contributed by atoms with Gasteiger partial charge < -0.3 is 20.1 Å². The summed E-state index contributed by atoms with van der Waals surface area (Å²) in [6.45, 7) is 1.16. The minimum atomic E-state index is -0.497. The fraction of sp³-hybridized carbons (Fsp3) is 0.400. The van der Waals surface area contributed by atoms with Crippen molar-refractivity contribution in [3.8, 4) is 0 Å². The molecule has 2 aromatic carbocycles. The lowest BCUT2D eigenvalue weighted by atomic mass is 10.1. The molecule has 9 nitrogen and oxygen atoms in total. The molecular formula is C25H34N4O5. The average molecular weight is 471 g/mol. The molecule has 0 spiro atoms. The van der Waals surface area contributed by atoms with Crippen molar-refractivity contribution in [2.24, 2.45) is 0 Å². The second-order valence-corrected chi connectivity index (χ2v) is 7.63. The van der Waals surface area contributed by atoms with Gasteiger partial charge in [-0.25, -0.2) is 10.9 Å². The topological polar surface area (TPSA) is 118 Å². The van der Waals surface area contributed by atoms with Crippen LogP contribution in [-0.4, -0.2) is 50.6 Å². The fourth-order valence-corrected chi connectivity index (χ4v) is 3.06. The Hall–Kier alpha value is -3.27. The summed E-state index contributed by atoms with van der Waals surface area (Å²) in [4.78, 5) is 35.8. The van der Waals surface area contributed by atoms with E-state index in [1.165, 1.54) is 0 Å². The molecule has 0 aliphatic heterocycles. The number of rotatable bonds is 16. The molecule has 2 rings (SSSR count). The van der Waals surface area contributed by atoms with Crippen molar-refractivity contribution < 1.29 is 23.9 Å². The van der Waals surface area contributed by atoms with E-state index in [9.17, 15) is 14.4 Å². The Balaban J connectivity index is 1.54. The zero-order chi connectivity index (χ0) is 24.4. The first kappa shape index (κ1) is 27.0. The predicted molar refractivity (Wildman–Crippen MR) is 128 cm³/mol. The maximum atomic E-state index is 12.1. The van der Waals surface area contributed by atoms with Gasteiger partial charge in [0.05, 0.1) is 12.6 Å². The standard InChI is InChI=1S/C25H34N4O5/c1-26-25(32)22(29-28-17-24(31)34-19-21-12-6-3-7-13-21)14-8-9-15-27-16-23(30)33-18-20-10-4-2-5-11-20/h2-7,10-13,22,27-29H,8-9,14-19H2,1H3,(H,26,32)/t22-/m0/s1. The molecule has 34 heavy (non-hydrogen) atoms. The molecule has 9 heteroatoms. The quantitative estimate of drug-likeness (QED) is 0.165. The van der Waals surface area contributed by atoms with E-state index in [0.717, 1.165) is 24.0 Å². The largest absolute Gasteiger partial charge is 0.460 e. The molecule has 0 saturated heterocycles. The van der Waals surface area contributed by atoms with Crippen LogP contribution >= 0.6 is 0 Å². The van der Waals surface area contributed by atoms with Gasteiger partial charge in [0.15, 0.2) is 0 Å². The Labute approximate surface area is 200 Å². The molecule has 1 amide bonds. The molecule has 0 aromatic heterocycles.